The molecule has 0 saturated carbocycles. The molecular weight excluding hydrogens is 430 g/mol. The molecule has 4 rings (SSSR count). The summed E-state index contributed by atoms with van der Waals surface area (Å²) in [6.07, 6.45) is 2.50. The fourth-order valence-electron chi connectivity index (χ4n) is 6.17. The van der Waals surface area contributed by atoms with Crippen molar-refractivity contribution < 1.29 is 34.1 Å². The van der Waals surface area contributed by atoms with Gasteiger partial charge in [-0.05, 0) is 19.3 Å². The molecule has 4 heterocycles. The summed E-state index contributed by atoms with van der Waals surface area (Å²) in [6, 6.07) is -1.53. The van der Waals surface area contributed by atoms with Gasteiger partial charge in [0.2, 0.25) is 11.8 Å². The van der Waals surface area contributed by atoms with Gasteiger partial charge < -0.3 is 29.5 Å². The van der Waals surface area contributed by atoms with Crippen LogP contribution in [0.2, 0.25) is 0 Å². The van der Waals surface area contributed by atoms with Crippen LogP contribution in [0.15, 0.2) is 12.7 Å². The van der Waals surface area contributed by atoms with Crippen molar-refractivity contribution in [1.29, 1.82) is 0 Å². The number of nitrogens with zero attached hydrogens (tertiary/aromatic N) is 3. The number of ether oxygens (including phenoxy) is 2. The first-order valence-corrected chi connectivity index (χ1v) is 11.9. The lowest BCUT2D eigenvalue weighted by molar-refractivity contribution is -0.153. The van der Waals surface area contributed by atoms with Crippen LogP contribution in [0.1, 0.15) is 26.2 Å². The van der Waals surface area contributed by atoms with Gasteiger partial charge in [0, 0.05) is 32.7 Å². The normalized spacial score (nSPS) is 34.4. The fraction of sp³-hybridized carbons (Fsp3) is 0.783. The van der Waals surface area contributed by atoms with E-state index in [9.17, 15) is 24.6 Å². The summed E-state index contributed by atoms with van der Waals surface area (Å²) in [5.74, 6) is -3.61. The van der Waals surface area contributed by atoms with Gasteiger partial charge in [0.25, 0.3) is 0 Å². The maximum Gasteiger partial charge on any atom is 0.310 e. The highest BCUT2D eigenvalue weighted by atomic mass is 16.5. The number of likely N-dealkylation sites (tertiary alicyclic amines) is 1. The van der Waals surface area contributed by atoms with Crippen LogP contribution in [0.3, 0.4) is 0 Å². The second-order valence-electron chi connectivity index (χ2n) is 9.41. The van der Waals surface area contributed by atoms with Gasteiger partial charge in [0.15, 0.2) is 0 Å². The molecule has 10 nitrogen and oxygen atoms in total. The van der Waals surface area contributed by atoms with E-state index >= 15 is 0 Å². The van der Waals surface area contributed by atoms with E-state index in [0.29, 0.717) is 52.1 Å². The van der Waals surface area contributed by atoms with Crippen LogP contribution in [0, 0.1) is 11.8 Å². The van der Waals surface area contributed by atoms with Crippen LogP contribution in [-0.2, 0) is 23.9 Å². The van der Waals surface area contributed by atoms with Crippen LogP contribution in [-0.4, -0.2) is 119 Å². The Morgan fingerprint density at radius 3 is 2.70 bits per heavy atom. The standard InChI is InChI=1S/C23H35N3O7/c1-3-7-25(9-8-24-10-12-32-13-11-24)21(29)19-23-6-5-16(33-23)17(22(30)31)18(23)20(28)26(19)15(4-2)14-27/h3,15-19,27H,1,4-14H2,2H3,(H,30,31)/t15-,16+,17-,18-,19?,23?/m0/s1. The Kier molecular flexibility index (Phi) is 7.09. The Hall–Kier alpha value is -2.01. The Balaban J connectivity index is 1.65. The van der Waals surface area contributed by atoms with Crippen molar-refractivity contribution in [3.05, 3.63) is 12.7 Å². The van der Waals surface area contributed by atoms with E-state index in [-0.39, 0.29) is 12.5 Å². The average molecular weight is 466 g/mol. The maximum atomic E-state index is 14.0. The number of hydrogen-bond donors (Lipinski definition) is 2. The minimum absolute atomic E-state index is 0.266. The van der Waals surface area contributed by atoms with Crippen molar-refractivity contribution >= 4 is 17.8 Å². The number of aliphatic carboxylic acids is 1. The lowest BCUT2D eigenvalue weighted by Crippen LogP contribution is -2.59. The van der Waals surface area contributed by atoms with Gasteiger partial charge in [-0.15, -0.1) is 6.58 Å². The zero-order chi connectivity index (χ0) is 23.8. The van der Waals surface area contributed by atoms with E-state index in [1.165, 1.54) is 4.90 Å². The number of carbonyl (C=O) groups is 3. The smallest absolute Gasteiger partial charge is 0.310 e. The SMILES string of the molecule is C=CCN(CCN1CCOCC1)C(=O)C1N([C@@H](CC)CO)C(=O)[C@@H]2[C@@H](C(=O)O)[C@H]3CCC12O3. The molecule has 2 bridgehead atoms. The number of fused-ring (bicyclic) bond motifs is 1. The highest BCUT2D eigenvalue weighted by Gasteiger charge is 2.75. The van der Waals surface area contributed by atoms with E-state index in [1.807, 2.05) is 6.92 Å². The minimum atomic E-state index is -1.16. The predicted octanol–water partition coefficient (Wildman–Crippen LogP) is -0.437. The molecule has 2 N–H and O–H groups in total. The number of rotatable bonds is 10. The van der Waals surface area contributed by atoms with Crippen LogP contribution in [0.5, 0.6) is 0 Å². The van der Waals surface area contributed by atoms with Crippen LogP contribution >= 0.6 is 0 Å². The highest BCUT2D eigenvalue weighted by Crippen LogP contribution is 2.59. The van der Waals surface area contributed by atoms with E-state index in [1.54, 1.807) is 11.0 Å². The van der Waals surface area contributed by atoms with E-state index in [2.05, 4.69) is 11.5 Å². The zero-order valence-electron chi connectivity index (χ0n) is 19.2. The van der Waals surface area contributed by atoms with Gasteiger partial charge >= 0.3 is 5.97 Å². The molecular formula is C23H35N3O7. The molecule has 1 spiro atoms. The third-order valence-corrected chi connectivity index (χ3v) is 7.78. The summed E-state index contributed by atoms with van der Waals surface area (Å²) in [5.41, 5.74) is -1.16. The van der Waals surface area contributed by atoms with Gasteiger partial charge in [0.05, 0.1) is 43.8 Å². The van der Waals surface area contributed by atoms with Crippen molar-refractivity contribution in [2.75, 3.05) is 52.5 Å². The highest BCUT2D eigenvalue weighted by molar-refractivity contribution is 5.98. The van der Waals surface area contributed by atoms with Crippen LogP contribution in [0.25, 0.3) is 0 Å². The molecule has 33 heavy (non-hydrogen) atoms. The monoisotopic (exact) mass is 465 g/mol. The molecule has 4 fully saturated rings. The lowest BCUT2D eigenvalue weighted by atomic mass is 9.70. The molecule has 4 saturated heterocycles. The first-order valence-electron chi connectivity index (χ1n) is 11.9. The summed E-state index contributed by atoms with van der Waals surface area (Å²) in [4.78, 5) is 45.0. The van der Waals surface area contributed by atoms with Crippen LogP contribution in [0.4, 0.5) is 0 Å². The number of morpholine rings is 1. The van der Waals surface area contributed by atoms with Crippen molar-refractivity contribution in [2.24, 2.45) is 11.8 Å². The van der Waals surface area contributed by atoms with Crippen LogP contribution < -0.4 is 0 Å². The molecule has 6 atom stereocenters. The number of aliphatic hydroxyl groups excluding tert-OH is 1. The number of hydrogen-bond acceptors (Lipinski definition) is 7. The van der Waals surface area contributed by atoms with E-state index in [4.69, 9.17) is 9.47 Å². The topological polar surface area (TPSA) is 120 Å². The summed E-state index contributed by atoms with van der Waals surface area (Å²) in [7, 11) is 0. The molecule has 2 amide bonds. The Morgan fingerprint density at radius 2 is 2.09 bits per heavy atom. The molecule has 0 aromatic heterocycles. The van der Waals surface area contributed by atoms with Crippen molar-refractivity contribution in [2.45, 2.75) is 50.0 Å². The molecule has 2 unspecified atom stereocenters. The number of carboxylic acids is 1. The van der Waals surface area contributed by atoms with Gasteiger partial charge in [-0.2, -0.15) is 0 Å². The molecule has 10 heteroatoms. The molecule has 0 aliphatic carbocycles. The number of aliphatic hydroxyl groups is 1. The molecule has 0 aromatic rings. The summed E-state index contributed by atoms with van der Waals surface area (Å²) >= 11 is 0. The van der Waals surface area contributed by atoms with E-state index in [0.717, 1.165) is 13.1 Å². The molecule has 184 valence electrons. The quantitative estimate of drug-likeness (QED) is 0.417. The molecule has 4 aliphatic heterocycles. The summed E-state index contributed by atoms with van der Waals surface area (Å²) in [5, 5.41) is 19.9. The van der Waals surface area contributed by atoms with Crippen molar-refractivity contribution in [1.82, 2.24) is 14.7 Å². The van der Waals surface area contributed by atoms with Gasteiger partial charge in [-0.25, -0.2) is 0 Å². The minimum Gasteiger partial charge on any atom is -0.481 e. The summed E-state index contributed by atoms with van der Waals surface area (Å²) in [6.45, 7) is 9.67. The second-order valence-corrected chi connectivity index (χ2v) is 9.41. The van der Waals surface area contributed by atoms with Gasteiger partial charge in [-0.3, -0.25) is 19.3 Å². The van der Waals surface area contributed by atoms with Crippen molar-refractivity contribution in [3.8, 4) is 0 Å². The maximum absolute atomic E-state index is 14.0. The van der Waals surface area contributed by atoms with Crippen molar-refractivity contribution in [3.63, 3.8) is 0 Å². The molecule has 4 aliphatic rings. The summed E-state index contributed by atoms with van der Waals surface area (Å²) < 4.78 is 11.6. The fourth-order valence-corrected chi connectivity index (χ4v) is 6.17. The largest absolute Gasteiger partial charge is 0.481 e. The number of amides is 2. The first kappa shape index (κ1) is 24.1. The van der Waals surface area contributed by atoms with Gasteiger partial charge in [0.1, 0.15) is 11.6 Å². The number of carbonyl (C=O) groups excluding carboxylic acids is 2. The Labute approximate surface area is 194 Å². The molecule has 0 radical (unpaired) electrons. The van der Waals surface area contributed by atoms with E-state index < -0.39 is 47.5 Å². The number of carboxylic acid groups (broad SMARTS) is 1. The third-order valence-electron chi connectivity index (χ3n) is 7.78. The zero-order valence-corrected chi connectivity index (χ0v) is 19.2. The molecule has 0 aromatic carbocycles. The Bertz CT molecular complexity index is 782. The Morgan fingerprint density at radius 1 is 1.36 bits per heavy atom. The first-order chi connectivity index (χ1) is 15.9. The average Bonchev–Trinajstić information content (AvgIpc) is 3.46. The predicted molar refractivity (Wildman–Crippen MR) is 117 cm³/mol. The second kappa shape index (κ2) is 9.69. The third kappa shape index (κ3) is 3.96. The van der Waals surface area contributed by atoms with Gasteiger partial charge in [-0.1, -0.05) is 13.0 Å². The lowest BCUT2D eigenvalue weighted by Gasteiger charge is -2.39.